The Morgan fingerprint density at radius 2 is 1.67 bits per heavy atom. The normalized spacial score (nSPS) is 24.0. The number of nitrogens with two attached hydrogens (primary N) is 2. The Hall–Kier alpha value is -1.18. The molecule has 0 saturated carbocycles. The van der Waals surface area contributed by atoms with Crippen molar-refractivity contribution in [2.45, 2.75) is 31.3 Å². The van der Waals surface area contributed by atoms with Crippen LogP contribution in [-0.4, -0.2) is 84.9 Å². The molecule has 21 heavy (non-hydrogen) atoms. The number of piperazine rings is 1. The van der Waals surface area contributed by atoms with Crippen molar-refractivity contribution >= 4 is 11.8 Å². The summed E-state index contributed by atoms with van der Waals surface area (Å²) in [5, 5.41) is 0. The van der Waals surface area contributed by atoms with Crippen molar-refractivity contribution in [2.75, 3.05) is 46.3 Å². The summed E-state index contributed by atoms with van der Waals surface area (Å²) >= 11 is 0. The number of hydrogen-bond donors (Lipinski definition) is 2. The molecule has 7 nitrogen and oxygen atoms in total. The number of carbonyl (C=O) groups excluding carboxylic acids is 2. The number of rotatable bonds is 4. The maximum absolute atomic E-state index is 12.1. The quantitative estimate of drug-likeness (QED) is 0.653. The fourth-order valence-electron chi connectivity index (χ4n) is 3.21. The maximum Gasteiger partial charge on any atom is 0.240 e. The van der Waals surface area contributed by atoms with E-state index >= 15 is 0 Å². The zero-order valence-corrected chi connectivity index (χ0v) is 12.8. The molecule has 4 N–H and O–H groups in total. The Kier molecular flexibility index (Phi) is 5.55. The van der Waals surface area contributed by atoms with Crippen LogP contribution in [0.3, 0.4) is 0 Å². The minimum atomic E-state index is -0.794. The van der Waals surface area contributed by atoms with Crippen molar-refractivity contribution < 1.29 is 9.59 Å². The van der Waals surface area contributed by atoms with Gasteiger partial charge in [0.15, 0.2) is 0 Å². The van der Waals surface area contributed by atoms with Crippen LogP contribution in [0.15, 0.2) is 0 Å². The fourth-order valence-corrected chi connectivity index (χ4v) is 3.21. The van der Waals surface area contributed by atoms with Gasteiger partial charge in [-0.1, -0.05) is 0 Å². The molecule has 0 bridgehead atoms. The van der Waals surface area contributed by atoms with E-state index in [4.69, 9.17) is 11.5 Å². The Morgan fingerprint density at radius 1 is 1.10 bits per heavy atom. The molecule has 7 heteroatoms. The Balaban J connectivity index is 1.77. The topological polar surface area (TPSA) is 95.9 Å². The summed E-state index contributed by atoms with van der Waals surface area (Å²) in [4.78, 5) is 29.6. The molecule has 0 unspecified atom stereocenters. The summed E-state index contributed by atoms with van der Waals surface area (Å²) in [6.07, 6.45) is 2.32. The van der Waals surface area contributed by atoms with Crippen LogP contribution >= 0.6 is 0 Å². The number of primary amides is 1. The molecule has 2 aliphatic rings. The highest BCUT2D eigenvalue weighted by atomic mass is 16.2. The summed E-state index contributed by atoms with van der Waals surface area (Å²) in [5.41, 5.74) is 10.8. The predicted molar refractivity (Wildman–Crippen MR) is 80.5 cm³/mol. The number of piperidine rings is 1. The van der Waals surface area contributed by atoms with E-state index in [0.717, 1.165) is 26.2 Å². The Bertz CT molecular complexity index is 374. The van der Waals surface area contributed by atoms with Crippen LogP contribution < -0.4 is 11.5 Å². The fraction of sp³-hybridized carbons (Fsp3) is 0.857. The van der Waals surface area contributed by atoms with Gasteiger partial charge < -0.3 is 21.3 Å². The number of amides is 2. The highest BCUT2D eigenvalue weighted by Gasteiger charge is 2.30. The van der Waals surface area contributed by atoms with E-state index in [1.54, 1.807) is 4.90 Å². The van der Waals surface area contributed by atoms with Gasteiger partial charge in [-0.05, 0) is 33.0 Å². The van der Waals surface area contributed by atoms with Gasteiger partial charge in [-0.25, -0.2) is 0 Å². The second kappa shape index (κ2) is 7.20. The van der Waals surface area contributed by atoms with E-state index in [2.05, 4.69) is 16.8 Å². The lowest BCUT2D eigenvalue weighted by Gasteiger charge is -2.42. The van der Waals surface area contributed by atoms with Gasteiger partial charge in [0.05, 0.1) is 12.5 Å². The van der Waals surface area contributed by atoms with E-state index in [1.165, 1.54) is 12.8 Å². The van der Waals surface area contributed by atoms with Crippen LogP contribution in [0.1, 0.15) is 19.3 Å². The first kappa shape index (κ1) is 16.2. The highest BCUT2D eigenvalue weighted by Crippen LogP contribution is 2.17. The van der Waals surface area contributed by atoms with Crippen LogP contribution in [0.2, 0.25) is 0 Å². The van der Waals surface area contributed by atoms with Crippen LogP contribution in [0.5, 0.6) is 0 Å². The van der Waals surface area contributed by atoms with E-state index < -0.39 is 11.9 Å². The first-order valence-corrected chi connectivity index (χ1v) is 7.72. The molecule has 0 aromatic rings. The van der Waals surface area contributed by atoms with Gasteiger partial charge in [0.2, 0.25) is 11.8 Å². The molecule has 120 valence electrons. The first-order chi connectivity index (χ1) is 9.97. The molecule has 2 heterocycles. The zero-order chi connectivity index (χ0) is 15.4. The molecule has 2 rings (SSSR count). The van der Waals surface area contributed by atoms with Gasteiger partial charge in [0.1, 0.15) is 0 Å². The molecule has 0 aromatic carbocycles. The summed E-state index contributed by atoms with van der Waals surface area (Å²) in [5.74, 6) is -0.683. The predicted octanol–water partition coefficient (Wildman–Crippen LogP) is -1.57. The zero-order valence-electron chi connectivity index (χ0n) is 12.8. The SMILES string of the molecule is CN1CCC(N2CCN(C(=O)[C@@H](N)CC(N)=O)CC2)CC1. The van der Waals surface area contributed by atoms with Gasteiger partial charge in [-0.2, -0.15) is 0 Å². The van der Waals surface area contributed by atoms with Crippen LogP contribution in [0.25, 0.3) is 0 Å². The van der Waals surface area contributed by atoms with Crippen LogP contribution in [0.4, 0.5) is 0 Å². The molecule has 2 aliphatic heterocycles. The smallest absolute Gasteiger partial charge is 0.240 e. The second-order valence-electron chi connectivity index (χ2n) is 6.17. The molecular weight excluding hydrogens is 270 g/mol. The first-order valence-electron chi connectivity index (χ1n) is 7.72. The van der Waals surface area contributed by atoms with Crippen molar-refractivity contribution in [3.63, 3.8) is 0 Å². The third-order valence-electron chi connectivity index (χ3n) is 4.57. The van der Waals surface area contributed by atoms with Crippen LogP contribution in [-0.2, 0) is 9.59 Å². The molecular formula is C14H27N5O2. The monoisotopic (exact) mass is 297 g/mol. The van der Waals surface area contributed by atoms with Crippen molar-refractivity contribution in [3.05, 3.63) is 0 Å². The van der Waals surface area contributed by atoms with E-state index in [-0.39, 0.29) is 12.3 Å². The molecule has 0 aromatic heterocycles. The van der Waals surface area contributed by atoms with Crippen molar-refractivity contribution in [1.29, 1.82) is 0 Å². The summed E-state index contributed by atoms with van der Waals surface area (Å²) < 4.78 is 0. The number of nitrogens with zero attached hydrogens (tertiary/aromatic N) is 3. The largest absolute Gasteiger partial charge is 0.370 e. The number of hydrogen-bond acceptors (Lipinski definition) is 5. The lowest BCUT2D eigenvalue weighted by Crippen LogP contribution is -2.56. The average molecular weight is 297 g/mol. The van der Waals surface area contributed by atoms with Gasteiger partial charge in [-0.15, -0.1) is 0 Å². The summed E-state index contributed by atoms with van der Waals surface area (Å²) in [7, 11) is 2.16. The Labute approximate surface area is 126 Å². The second-order valence-corrected chi connectivity index (χ2v) is 6.17. The standard InChI is InChI=1S/C14H27N5O2/c1-17-4-2-11(3-5-17)18-6-8-19(9-7-18)14(21)12(15)10-13(16)20/h11-12H,2-10,15H2,1H3,(H2,16,20)/t12-/m0/s1. The maximum atomic E-state index is 12.1. The number of likely N-dealkylation sites (tertiary alicyclic amines) is 1. The minimum absolute atomic E-state index is 0.0754. The molecule has 0 spiro atoms. The van der Waals surface area contributed by atoms with Gasteiger partial charge >= 0.3 is 0 Å². The van der Waals surface area contributed by atoms with Gasteiger partial charge in [-0.3, -0.25) is 14.5 Å². The number of carbonyl (C=O) groups is 2. The molecule has 2 amide bonds. The molecule has 1 atom stereocenters. The minimum Gasteiger partial charge on any atom is -0.370 e. The van der Waals surface area contributed by atoms with E-state index in [1.807, 2.05) is 0 Å². The molecule has 0 aliphatic carbocycles. The summed E-state index contributed by atoms with van der Waals surface area (Å²) in [6, 6.07) is -0.157. The lowest BCUT2D eigenvalue weighted by molar-refractivity contribution is -0.136. The summed E-state index contributed by atoms with van der Waals surface area (Å²) in [6.45, 7) is 5.46. The van der Waals surface area contributed by atoms with E-state index in [0.29, 0.717) is 19.1 Å². The van der Waals surface area contributed by atoms with Crippen molar-refractivity contribution in [2.24, 2.45) is 11.5 Å². The molecule has 2 saturated heterocycles. The third kappa shape index (κ3) is 4.39. The van der Waals surface area contributed by atoms with Crippen molar-refractivity contribution in [3.8, 4) is 0 Å². The van der Waals surface area contributed by atoms with E-state index in [9.17, 15) is 9.59 Å². The highest BCUT2D eigenvalue weighted by molar-refractivity contribution is 5.87. The van der Waals surface area contributed by atoms with Gasteiger partial charge in [0.25, 0.3) is 0 Å². The molecule has 2 fully saturated rings. The lowest BCUT2D eigenvalue weighted by atomic mass is 10.0. The van der Waals surface area contributed by atoms with Crippen molar-refractivity contribution in [1.82, 2.24) is 14.7 Å². The Morgan fingerprint density at radius 3 is 2.19 bits per heavy atom. The van der Waals surface area contributed by atoms with Crippen LogP contribution in [0, 0.1) is 0 Å². The third-order valence-corrected chi connectivity index (χ3v) is 4.57. The molecule has 0 radical (unpaired) electrons. The average Bonchev–Trinajstić information content (AvgIpc) is 2.47. The van der Waals surface area contributed by atoms with Gasteiger partial charge in [0, 0.05) is 32.2 Å².